The molecule has 0 unspecified atom stereocenters. The number of nitrogens with zero attached hydrogens (tertiary/aromatic N) is 1. The van der Waals surface area contributed by atoms with Crippen LogP contribution in [0.25, 0.3) is 0 Å². The van der Waals surface area contributed by atoms with Crippen molar-refractivity contribution in [1.29, 1.82) is 0 Å². The number of cyclic esters (lactones) is 1. The first kappa shape index (κ1) is 40.7. The SMILES string of the molecule is C/C=C/[C@H]1CCC[C@H](O[C@H]2CC[C@H](N(C)C)[C@@H](C)O2)[C@@H](C)C(=O)C2=C[C@@H]3[C@@H](C=C[C@@H]4C[C@@H](O[C@@H]5O[C@@H](C)[C@H](OC)[C@@H](OC)[C@H]5OC)C[C@@H]34)[C@@H]2CC(=O)O1. The fraction of sp³-hybridized carbons (Fsp3) is 0.810. The molecule has 11 nitrogen and oxygen atoms in total. The second-order valence-corrected chi connectivity index (χ2v) is 16.5. The van der Waals surface area contributed by atoms with Crippen molar-refractivity contribution < 1.29 is 47.5 Å². The molecule has 1 saturated carbocycles. The highest BCUT2D eigenvalue weighted by Gasteiger charge is 2.52. The van der Waals surface area contributed by atoms with E-state index in [0.717, 1.165) is 37.7 Å². The number of rotatable bonds is 9. The van der Waals surface area contributed by atoms with Crippen LogP contribution in [0.15, 0.2) is 36.0 Å². The van der Waals surface area contributed by atoms with Crippen molar-refractivity contribution in [2.45, 2.75) is 147 Å². The van der Waals surface area contributed by atoms with Crippen LogP contribution in [-0.4, -0.2) is 120 Å². The van der Waals surface area contributed by atoms with E-state index in [0.29, 0.717) is 18.9 Å². The van der Waals surface area contributed by atoms with E-state index in [2.05, 4.69) is 44.1 Å². The maximum atomic E-state index is 14.7. The zero-order valence-electron chi connectivity index (χ0n) is 33.4. The Morgan fingerprint density at radius 3 is 2.26 bits per heavy atom. The minimum Gasteiger partial charge on any atom is -0.458 e. The molecule has 298 valence electrons. The third-order valence-electron chi connectivity index (χ3n) is 13.2. The van der Waals surface area contributed by atoms with E-state index in [1.54, 1.807) is 21.3 Å². The third-order valence-corrected chi connectivity index (χ3v) is 13.2. The molecule has 53 heavy (non-hydrogen) atoms. The molecule has 4 fully saturated rings. The summed E-state index contributed by atoms with van der Waals surface area (Å²) in [4.78, 5) is 30.5. The highest BCUT2D eigenvalue weighted by molar-refractivity contribution is 5.99. The van der Waals surface area contributed by atoms with E-state index >= 15 is 0 Å². The molecule has 3 saturated heterocycles. The van der Waals surface area contributed by atoms with Gasteiger partial charge in [0.15, 0.2) is 18.4 Å². The van der Waals surface area contributed by atoms with Gasteiger partial charge in [0.1, 0.15) is 24.4 Å². The second-order valence-electron chi connectivity index (χ2n) is 16.5. The highest BCUT2D eigenvalue weighted by atomic mass is 16.7. The predicted octanol–water partition coefficient (Wildman–Crippen LogP) is 5.65. The number of allylic oxidation sites excluding steroid dienone is 5. The molecule has 0 bridgehead atoms. The average Bonchev–Trinajstić information content (AvgIpc) is 3.70. The lowest BCUT2D eigenvalue weighted by Gasteiger charge is -2.44. The Bertz CT molecular complexity index is 1350. The smallest absolute Gasteiger partial charge is 0.307 e. The van der Waals surface area contributed by atoms with Crippen LogP contribution >= 0.6 is 0 Å². The summed E-state index contributed by atoms with van der Waals surface area (Å²) in [5.41, 5.74) is 0.749. The molecule has 0 aromatic heterocycles. The predicted molar refractivity (Wildman–Crippen MR) is 199 cm³/mol. The van der Waals surface area contributed by atoms with Gasteiger partial charge in [-0.15, -0.1) is 0 Å². The lowest BCUT2D eigenvalue weighted by Crippen LogP contribution is -2.59. The molecule has 3 heterocycles. The molecule has 3 aliphatic carbocycles. The van der Waals surface area contributed by atoms with Gasteiger partial charge < -0.3 is 42.8 Å². The number of likely N-dealkylation sites (N-methyl/N-ethyl adjacent to an activating group) is 1. The fourth-order valence-electron chi connectivity index (χ4n) is 10.4. The van der Waals surface area contributed by atoms with Crippen molar-refractivity contribution in [2.24, 2.45) is 35.5 Å². The molecular weight excluding hydrogens is 678 g/mol. The van der Waals surface area contributed by atoms with Gasteiger partial charge in [-0.25, -0.2) is 0 Å². The molecule has 0 aromatic carbocycles. The number of esters is 1. The zero-order chi connectivity index (χ0) is 38.0. The van der Waals surface area contributed by atoms with E-state index in [-0.39, 0.29) is 103 Å². The number of carbonyl (C=O) groups excluding carboxylic acids is 2. The van der Waals surface area contributed by atoms with Crippen LogP contribution < -0.4 is 0 Å². The van der Waals surface area contributed by atoms with Crippen molar-refractivity contribution >= 4 is 11.8 Å². The lowest BCUT2D eigenvalue weighted by atomic mass is 9.70. The number of hydrogen-bond acceptors (Lipinski definition) is 11. The summed E-state index contributed by atoms with van der Waals surface area (Å²) >= 11 is 0. The van der Waals surface area contributed by atoms with Gasteiger partial charge in [-0.3, -0.25) is 9.59 Å². The van der Waals surface area contributed by atoms with Gasteiger partial charge in [0, 0.05) is 39.2 Å². The van der Waals surface area contributed by atoms with Crippen LogP contribution in [0.4, 0.5) is 0 Å². The number of ether oxygens (including phenoxy) is 8. The molecule has 0 amide bonds. The van der Waals surface area contributed by atoms with Gasteiger partial charge >= 0.3 is 5.97 Å². The lowest BCUT2D eigenvalue weighted by molar-refractivity contribution is -0.314. The van der Waals surface area contributed by atoms with Gasteiger partial charge in [0.25, 0.3) is 0 Å². The topological polar surface area (TPSA) is 111 Å². The van der Waals surface area contributed by atoms with Gasteiger partial charge in [-0.1, -0.05) is 31.2 Å². The third kappa shape index (κ3) is 8.73. The van der Waals surface area contributed by atoms with Crippen LogP contribution in [0.2, 0.25) is 0 Å². The molecular formula is C42H65NO10. The number of fused-ring (bicyclic) bond motifs is 5. The van der Waals surface area contributed by atoms with Crippen LogP contribution in [0.1, 0.15) is 79.1 Å². The number of ketones is 1. The van der Waals surface area contributed by atoms with Gasteiger partial charge in [0.2, 0.25) is 0 Å². The summed E-state index contributed by atoms with van der Waals surface area (Å²) in [6, 6.07) is 0.331. The zero-order valence-corrected chi connectivity index (χ0v) is 33.4. The maximum Gasteiger partial charge on any atom is 0.307 e. The van der Waals surface area contributed by atoms with E-state index in [1.165, 1.54) is 0 Å². The van der Waals surface area contributed by atoms with Gasteiger partial charge in [-0.05, 0) is 115 Å². The molecule has 6 aliphatic rings. The Morgan fingerprint density at radius 1 is 0.830 bits per heavy atom. The summed E-state index contributed by atoms with van der Waals surface area (Å²) in [6.07, 6.45) is 13.5. The van der Waals surface area contributed by atoms with Gasteiger partial charge in [0.05, 0.1) is 30.8 Å². The van der Waals surface area contributed by atoms with E-state index in [4.69, 9.17) is 37.9 Å². The maximum absolute atomic E-state index is 14.7. The Kier molecular flexibility index (Phi) is 13.7. The quantitative estimate of drug-likeness (QED) is 0.216. The standard InChI is InChI=1S/C42H65NO10/c1-10-12-27-13-11-14-35(53-37-18-17-34(43(5)6)24(3)49-37)23(2)38(45)33-21-31-29(32(33)22-36(44)51-27)16-15-26-19-28(20-30(26)31)52-42-41(48-9)40(47-8)39(46-7)25(4)50-42/h10,12,15-16,21,23-32,34-35,37,39-42H,11,13-14,17-20,22H2,1-9H3/b12-10+/t23-,24-,25+,26-,27+,28-,29-,30-,31-,32+,34+,35+,37+,39+,40-,41-,42+/m1/s1. The number of Topliss-reactive ketones (excluding diaryl/α,β-unsaturated/α-hetero) is 1. The molecule has 17 atom stereocenters. The Morgan fingerprint density at radius 2 is 1.58 bits per heavy atom. The molecule has 0 N–H and O–H groups in total. The molecule has 6 rings (SSSR count). The van der Waals surface area contributed by atoms with E-state index < -0.39 is 12.4 Å². The molecule has 0 aromatic rings. The molecule has 3 aliphatic heterocycles. The first-order valence-electron chi connectivity index (χ1n) is 20.1. The van der Waals surface area contributed by atoms with E-state index in [1.807, 2.05) is 32.9 Å². The van der Waals surface area contributed by atoms with Crippen LogP contribution in [0.3, 0.4) is 0 Å². The Hall–Kier alpha value is -1.96. The van der Waals surface area contributed by atoms with Crippen molar-refractivity contribution in [3.8, 4) is 0 Å². The van der Waals surface area contributed by atoms with Crippen LogP contribution in [0.5, 0.6) is 0 Å². The van der Waals surface area contributed by atoms with Crippen LogP contribution in [0, 0.1) is 35.5 Å². The molecule has 11 heteroatoms. The first-order valence-corrected chi connectivity index (χ1v) is 20.1. The minimum absolute atomic E-state index is 0.0275. The Labute approximate surface area is 317 Å². The minimum atomic E-state index is -0.600. The van der Waals surface area contributed by atoms with E-state index in [9.17, 15) is 9.59 Å². The second kappa shape index (κ2) is 17.9. The Balaban J connectivity index is 1.22. The first-order chi connectivity index (χ1) is 25.5. The largest absolute Gasteiger partial charge is 0.458 e. The van der Waals surface area contributed by atoms with Gasteiger partial charge in [-0.2, -0.15) is 0 Å². The summed E-state index contributed by atoms with van der Waals surface area (Å²) < 4.78 is 49.6. The number of hydrogen-bond donors (Lipinski definition) is 0. The highest BCUT2D eigenvalue weighted by Crippen LogP contribution is 2.54. The monoisotopic (exact) mass is 743 g/mol. The number of methoxy groups -OCH3 is 3. The fourth-order valence-corrected chi connectivity index (χ4v) is 10.4. The van der Waals surface area contributed by atoms with Crippen molar-refractivity contribution in [1.82, 2.24) is 4.90 Å². The summed E-state index contributed by atoms with van der Waals surface area (Å²) in [7, 11) is 9.14. The van der Waals surface area contributed by atoms with Crippen LogP contribution in [-0.2, 0) is 47.5 Å². The average molecular weight is 744 g/mol. The van der Waals surface area contributed by atoms with Crippen molar-refractivity contribution in [3.05, 3.63) is 36.0 Å². The summed E-state index contributed by atoms with van der Waals surface area (Å²) in [5, 5.41) is 0. The number of carbonyl (C=O) groups is 2. The molecule has 0 spiro atoms. The normalized spacial score (nSPS) is 45.2. The summed E-state index contributed by atoms with van der Waals surface area (Å²) in [5.74, 6) is -0.129. The van der Waals surface area contributed by atoms with Crippen molar-refractivity contribution in [3.63, 3.8) is 0 Å². The summed E-state index contributed by atoms with van der Waals surface area (Å²) in [6.45, 7) is 8.03. The van der Waals surface area contributed by atoms with Crippen molar-refractivity contribution in [2.75, 3.05) is 35.4 Å². The molecule has 0 radical (unpaired) electrons.